The van der Waals surface area contributed by atoms with Gasteiger partial charge in [-0.2, -0.15) is 13.2 Å². The Bertz CT molecular complexity index is 456. The molecule has 98 valence electrons. The Kier molecular flexibility index (Phi) is 3.29. The van der Waals surface area contributed by atoms with Crippen molar-refractivity contribution in [2.24, 2.45) is 0 Å². The van der Waals surface area contributed by atoms with Gasteiger partial charge in [0.2, 0.25) is 0 Å². The molecular formula is C11H12BF3O3. The van der Waals surface area contributed by atoms with E-state index in [4.69, 9.17) is 4.74 Å². The molecule has 0 amide bonds. The zero-order chi connectivity index (χ0) is 13.5. The van der Waals surface area contributed by atoms with Crippen molar-refractivity contribution < 1.29 is 28.0 Å². The molecule has 0 aromatic heterocycles. The van der Waals surface area contributed by atoms with E-state index < -0.39 is 18.9 Å². The molecule has 0 aliphatic heterocycles. The van der Waals surface area contributed by atoms with E-state index in [0.717, 1.165) is 25.0 Å². The fourth-order valence-electron chi connectivity index (χ4n) is 1.99. The summed E-state index contributed by atoms with van der Waals surface area (Å²) in [6, 6.07) is 1.77. The van der Waals surface area contributed by atoms with E-state index in [1.54, 1.807) is 0 Å². The Morgan fingerprint density at radius 1 is 1.28 bits per heavy atom. The summed E-state index contributed by atoms with van der Waals surface area (Å²) in [5, 5.41) is 18.6. The fourth-order valence-corrected chi connectivity index (χ4v) is 1.99. The average Bonchev–Trinajstić information content (AvgIpc) is 3.09. The van der Waals surface area contributed by atoms with Crippen LogP contribution in [0.3, 0.4) is 0 Å². The van der Waals surface area contributed by atoms with E-state index in [1.165, 1.54) is 7.11 Å². The van der Waals surface area contributed by atoms with Crippen LogP contribution in [0.4, 0.5) is 13.2 Å². The SMILES string of the molecule is COc1cc(C(F)(F)F)cc(C2CC2)c1B(O)O. The van der Waals surface area contributed by atoms with Crippen LogP contribution >= 0.6 is 0 Å². The first-order valence-electron chi connectivity index (χ1n) is 5.49. The molecule has 0 spiro atoms. The minimum atomic E-state index is -4.48. The normalized spacial score (nSPS) is 15.7. The molecule has 0 atom stereocenters. The number of benzene rings is 1. The summed E-state index contributed by atoms with van der Waals surface area (Å²) < 4.78 is 43.0. The van der Waals surface area contributed by atoms with Crippen LogP contribution in [-0.2, 0) is 6.18 Å². The third-order valence-electron chi connectivity index (χ3n) is 3.00. The maximum absolute atomic E-state index is 12.7. The lowest BCUT2D eigenvalue weighted by Gasteiger charge is -2.17. The molecule has 1 fully saturated rings. The van der Waals surface area contributed by atoms with Gasteiger partial charge in [-0.05, 0) is 36.5 Å². The average molecular weight is 260 g/mol. The summed E-state index contributed by atoms with van der Waals surface area (Å²) in [5.41, 5.74) is -0.477. The van der Waals surface area contributed by atoms with Crippen molar-refractivity contribution in [2.45, 2.75) is 24.9 Å². The number of hydrogen-bond donors (Lipinski definition) is 2. The second-order valence-corrected chi connectivity index (χ2v) is 4.33. The lowest BCUT2D eigenvalue weighted by Crippen LogP contribution is -2.35. The molecule has 0 unspecified atom stereocenters. The Morgan fingerprint density at radius 2 is 1.89 bits per heavy atom. The smallest absolute Gasteiger partial charge is 0.492 e. The highest BCUT2D eigenvalue weighted by molar-refractivity contribution is 6.60. The summed E-state index contributed by atoms with van der Waals surface area (Å²) in [5.74, 6) is -0.181. The van der Waals surface area contributed by atoms with Gasteiger partial charge in [-0.1, -0.05) is 0 Å². The summed E-state index contributed by atoms with van der Waals surface area (Å²) in [6.07, 6.45) is -2.97. The molecule has 1 aromatic carbocycles. The first-order chi connectivity index (χ1) is 8.34. The Morgan fingerprint density at radius 3 is 2.28 bits per heavy atom. The maximum atomic E-state index is 12.7. The third kappa shape index (κ3) is 2.47. The molecule has 0 bridgehead atoms. The van der Waals surface area contributed by atoms with Crippen LogP contribution in [0.5, 0.6) is 5.75 Å². The van der Waals surface area contributed by atoms with Crippen LogP contribution in [0.15, 0.2) is 12.1 Å². The number of halogens is 3. The van der Waals surface area contributed by atoms with Crippen molar-refractivity contribution in [3.63, 3.8) is 0 Å². The molecule has 1 aromatic rings. The number of methoxy groups -OCH3 is 1. The molecule has 1 saturated carbocycles. The summed E-state index contributed by atoms with van der Waals surface area (Å²) in [4.78, 5) is 0. The zero-order valence-corrected chi connectivity index (χ0v) is 9.66. The molecule has 1 aliphatic carbocycles. The molecule has 0 saturated heterocycles. The largest absolute Gasteiger partial charge is 0.497 e. The summed E-state index contributed by atoms with van der Waals surface area (Å²) >= 11 is 0. The maximum Gasteiger partial charge on any atom is 0.492 e. The lowest BCUT2D eigenvalue weighted by atomic mass is 9.74. The van der Waals surface area contributed by atoms with Crippen LogP contribution in [0.25, 0.3) is 0 Å². The Labute approximate surface area is 102 Å². The van der Waals surface area contributed by atoms with Crippen LogP contribution < -0.4 is 10.2 Å². The minimum Gasteiger partial charge on any atom is -0.497 e. The van der Waals surface area contributed by atoms with Crippen LogP contribution in [0.2, 0.25) is 0 Å². The van der Waals surface area contributed by atoms with Gasteiger partial charge in [0.1, 0.15) is 5.75 Å². The highest BCUT2D eigenvalue weighted by Gasteiger charge is 2.37. The zero-order valence-electron chi connectivity index (χ0n) is 9.66. The molecule has 2 rings (SSSR count). The van der Waals surface area contributed by atoms with E-state index in [1.807, 2.05) is 0 Å². The number of ether oxygens (including phenoxy) is 1. The standard InChI is InChI=1S/C11H12BF3O3/c1-18-9-5-7(11(13,14)15)4-8(6-2-3-6)10(9)12(16)17/h4-6,16-17H,2-3H2,1H3. The predicted molar refractivity (Wildman–Crippen MR) is 59.8 cm³/mol. The molecule has 18 heavy (non-hydrogen) atoms. The first kappa shape index (κ1) is 13.2. The van der Waals surface area contributed by atoms with Gasteiger partial charge in [-0.3, -0.25) is 0 Å². The van der Waals surface area contributed by atoms with E-state index in [0.29, 0.717) is 5.56 Å². The van der Waals surface area contributed by atoms with Crippen molar-refractivity contribution in [2.75, 3.05) is 7.11 Å². The highest BCUT2D eigenvalue weighted by atomic mass is 19.4. The summed E-state index contributed by atoms with van der Waals surface area (Å²) in [7, 11) is -0.629. The van der Waals surface area contributed by atoms with Gasteiger partial charge in [0.15, 0.2) is 0 Å². The monoisotopic (exact) mass is 260 g/mol. The minimum absolute atomic E-state index is 0.0352. The van der Waals surface area contributed by atoms with Crippen molar-refractivity contribution in [1.29, 1.82) is 0 Å². The van der Waals surface area contributed by atoms with E-state index in [9.17, 15) is 23.2 Å². The molecule has 0 radical (unpaired) electrons. The van der Waals surface area contributed by atoms with Crippen LogP contribution in [0.1, 0.15) is 29.9 Å². The molecule has 3 nitrogen and oxygen atoms in total. The second-order valence-electron chi connectivity index (χ2n) is 4.33. The highest BCUT2D eigenvalue weighted by Crippen LogP contribution is 2.42. The van der Waals surface area contributed by atoms with E-state index >= 15 is 0 Å². The predicted octanol–water partition coefficient (Wildman–Crippen LogP) is 1.27. The molecular weight excluding hydrogens is 248 g/mol. The van der Waals surface area contributed by atoms with Gasteiger partial charge in [0, 0.05) is 5.46 Å². The molecule has 0 heterocycles. The number of rotatable bonds is 3. The number of hydrogen-bond acceptors (Lipinski definition) is 3. The van der Waals surface area contributed by atoms with Gasteiger partial charge in [0.25, 0.3) is 0 Å². The van der Waals surface area contributed by atoms with Crippen molar-refractivity contribution in [3.05, 3.63) is 23.3 Å². The third-order valence-corrected chi connectivity index (χ3v) is 3.00. The lowest BCUT2D eigenvalue weighted by molar-refractivity contribution is -0.137. The van der Waals surface area contributed by atoms with Gasteiger partial charge in [-0.25, -0.2) is 0 Å². The quantitative estimate of drug-likeness (QED) is 0.804. The van der Waals surface area contributed by atoms with Crippen molar-refractivity contribution in [1.82, 2.24) is 0 Å². The van der Waals surface area contributed by atoms with Gasteiger partial charge in [-0.15, -0.1) is 0 Å². The van der Waals surface area contributed by atoms with Gasteiger partial charge < -0.3 is 14.8 Å². The van der Waals surface area contributed by atoms with E-state index in [-0.39, 0.29) is 17.1 Å². The van der Waals surface area contributed by atoms with Crippen LogP contribution in [-0.4, -0.2) is 24.3 Å². The van der Waals surface area contributed by atoms with Gasteiger partial charge in [0.05, 0.1) is 12.7 Å². The Balaban J connectivity index is 2.59. The van der Waals surface area contributed by atoms with E-state index in [2.05, 4.69) is 0 Å². The molecule has 2 N–H and O–H groups in total. The fraction of sp³-hybridized carbons (Fsp3) is 0.455. The Hall–Kier alpha value is -1.21. The second kappa shape index (κ2) is 4.48. The topological polar surface area (TPSA) is 49.7 Å². The summed E-state index contributed by atoms with van der Waals surface area (Å²) in [6.45, 7) is 0. The molecule has 1 aliphatic rings. The first-order valence-corrected chi connectivity index (χ1v) is 5.49. The molecule has 7 heteroatoms. The van der Waals surface area contributed by atoms with Gasteiger partial charge >= 0.3 is 13.3 Å². The number of alkyl halides is 3. The van der Waals surface area contributed by atoms with Crippen LogP contribution in [0, 0.1) is 0 Å². The van der Waals surface area contributed by atoms with Crippen molar-refractivity contribution >= 4 is 12.6 Å². The van der Waals surface area contributed by atoms with Crippen molar-refractivity contribution in [3.8, 4) is 5.75 Å².